The van der Waals surface area contributed by atoms with Crippen LogP contribution >= 0.6 is 23.2 Å². The summed E-state index contributed by atoms with van der Waals surface area (Å²) in [5, 5.41) is 8.86. The highest BCUT2D eigenvalue weighted by Crippen LogP contribution is 2.29. The summed E-state index contributed by atoms with van der Waals surface area (Å²) in [6.45, 7) is 1.95. The first-order valence-corrected chi connectivity index (χ1v) is 5.24. The van der Waals surface area contributed by atoms with E-state index in [1.54, 1.807) is 18.2 Å². The average Bonchev–Trinajstić information content (AvgIpc) is 2.66. The molecule has 0 bridgehead atoms. The summed E-state index contributed by atoms with van der Waals surface area (Å²) >= 11 is 11.8. The third-order valence-corrected chi connectivity index (χ3v) is 2.48. The van der Waals surface area contributed by atoms with Gasteiger partial charge in [-0.15, -0.1) is 10.2 Å². The van der Waals surface area contributed by atoms with E-state index in [9.17, 15) is 0 Å². The van der Waals surface area contributed by atoms with Gasteiger partial charge in [-0.3, -0.25) is 0 Å². The van der Waals surface area contributed by atoms with Gasteiger partial charge in [0.2, 0.25) is 11.8 Å². The van der Waals surface area contributed by atoms with Crippen molar-refractivity contribution in [2.24, 2.45) is 0 Å². The summed E-state index contributed by atoms with van der Waals surface area (Å²) < 4.78 is 5.39. The topological polar surface area (TPSA) is 38.9 Å². The molecule has 0 amide bonds. The lowest BCUT2D eigenvalue weighted by Gasteiger charge is -1.98. The molecule has 0 N–H and O–H groups in total. The first kappa shape index (κ1) is 10.5. The molecule has 1 aromatic heterocycles. The van der Waals surface area contributed by atoms with Crippen LogP contribution in [-0.4, -0.2) is 10.2 Å². The quantitative estimate of drug-likeness (QED) is 0.808. The van der Waals surface area contributed by atoms with E-state index in [1.807, 2.05) is 6.92 Å². The van der Waals surface area contributed by atoms with E-state index in [4.69, 9.17) is 27.6 Å². The van der Waals surface area contributed by atoms with Crippen molar-refractivity contribution in [3.63, 3.8) is 0 Å². The maximum absolute atomic E-state index is 6.00. The largest absolute Gasteiger partial charge is 0.421 e. The van der Waals surface area contributed by atoms with Crippen molar-refractivity contribution in [3.8, 4) is 11.5 Å². The molecule has 1 heterocycles. The normalized spacial score (nSPS) is 10.6. The van der Waals surface area contributed by atoms with Crippen molar-refractivity contribution in [1.29, 1.82) is 0 Å². The minimum Gasteiger partial charge on any atom is -0.421 e. The predicted octanol–water partition coefficient (Wildman–Crippen LogP) is 3.61. The number of aromatic nitrogens is 2. The minimum absolute atomic E-state index is 0.425. The van der Waals surface area contributed by atoms with E-state index in [2.05, 4.69) is 10.2 Å². The number of aryl methyl sites for hydroxylation is 1. The van der Waals surface area contributed by atoms with Gasteiger partial charge in [0.25, 0.3) is 0 Å². The van der Waals surface area contributed by atoms with Gasteiger partial charge in [-0.05, 0) is 18.2 Å². The molecule has 0 radical (unpaired) electrons. The minimum atomic E-state index is 0.425. The molecule has 0 aliphatic rings. The lowest BCUT2D eigenvalue weighted by atomic mass is 10.2. The highest BCUT2D eigenvalue weighted by molar-refractivity contribution is 6.36. The highest BCUT2D eigenvalue weighted by atomic mass is 35.5. The fourth-order valence-electron chi connectivity index (χ4n) is 1.17. The Morgan fingerprint density at radius 3 is 2.67 bits per heavy atom. The SMILES string of the molecule is CCc1nnc(-c2ccc(Cl)cc2Cl)o1. The fraction of sp³-hybridized carbons (Fsp3) is 0.200. The Labute approximate surface area is 97.0 Å². The maximum atomic E-state index is 6.00. The lowest BCUT2D eigenvalue weighted by Crippen LogP contribution is -1.79. The summed E-state index contributed by atoms with van der Waals surface area (Å²) in [4.78, 5) is 0. The fourth-order valence-corrected chi connectivity index (χ4v) is 1.66. The summed E-state index contributed by atoms with van der Waals surface area (Å²) in [5.41, 5.74) is 0.702. The smallest absolute Gasteiger partial charge is 0.249 e. The summed E-state index contributed by atoms with van der Waals surface area (Å²) in [7, 11) is 0. The third-order valence-electron chi connectivity index (χ3n) is 1.93. The van der Waals surface area contributed by atoms with Gasteiger partial charge in [0, 0.05) is 11.4 Å². The molecule has 3 nitrogen and oxygen atoms in total. The molecule has 15 heavy (non-hydrogen) atoms. The molecule has 2 aromatic rings. The standard InChI is InChI=1S/C10H8Cl2N2O/c1-2-9-13-14-10(15-9)7-4-3-6(11)5-8(7)12/h3-5H,2H2,1H3. The second-order valence-electron chi connectivity index (χ2n) is 2.98. The molecule has 0 spiro atoms. The van der Waals surface area contributed by atoms with Crippen LogP contribution in [0.4, 0.5) is 0 Å². The van der Waals surface area contributed by atoms with Gasteiger partial charge in [0.15, 0.2) is 0 Å². The summed E-state index contributed by atoms with van der Waals surface area (Å²) in [5.74, 6) is 1.02. The van der Waals surface area contributed by atoms with Crippen LogP contribution in [0.3, 0.4) is 0 Å². The van der Waals surface area contributed by atoms with Gasteiger partial charge in [-0.2, -0.15) is 0 Å². The Kier molecular flexibility index (Phi) is 2.93. The van der Waals surface area contributed by atoms with Gasteiger partial charge in [0.1, 0.15) is 0 Å². The molecule has 0 aliphatic carbocycles. The van der Waals surface area contributed by atoms with Gasteiger partial charge < -0.3 is 4.42 Å². The Balaban J connectivity index is 2.44. The summed E-state index contributed by atoms with van der Waals surface area (Å²) in [6, 6.07) is 5.14. The van der Waals surface area contributed by atoms with E-state index in [1.165, 1.54) is 0 Å². The summed E-state index contributed by atoms with van der Waals surface area (Å²) in [6.07, 6.45) is 0.707. The van der Waals surface area contributed by atoms with Gasteiger partial charge in [-0.1, -0.05) is 30.1 Å². The number of hydrogen-bond donors (Lipinski definition) is 0. The Morgan fingerprint density at radius 2 is 2.07 bits per heavy atom. The molecule has 0 atom stereocenters. The number of rotatable bonds is 2. The highest BCUT2D eigenvalue weighted by Gasteiger charge is 2.11. The number of halogens is 2. The first-order valence-electron chi connectivity index (χ1n) is 4.48. The van der Waals surface area contributed by atoms with Gasteiger partial charge in [0.05, 0.1) is 10.6 Å². The third kappa shape index (κ3) is 2.13. The number of hydrogen-bond acceptors (Lipinski definition) is 3. The van der Waals surface area contributed by atoms with Crippen molar-refractivity contribution >= 4 is 23.2 Å². The van der Waals surface area contributed by atoms with E-state index < -0.39 is 0 Å². The van der Waals surface area contributed by atoms with Crippen LogP contribution in [0.5, 0.6) is 0 Å². The molecule has 0 fully saturated rings. The second-order valence-corrected chi connectivity index (χ2v) is 3.82. The molecule has 0 unspecified atom stereocenters. The predicted molar refractivity (Wildman–Crippen MR) is 59.1 cm³/mol. The average molecular weight is 243 g/mol. The molecule has 0 saturated carbocycles. The van der Waals surface area contributed by atoms with Crippen LogP contribution in [0.15, 0.2) is 22.6 Å². The molecule has 0 saturated heterocycles. The van der Waals surface area contributed by atoms with Crippen LogP contribution in [0.1, 0.15) is 12.8 Å². The monoisotopic (exact) mass is 242 g/mol. The van der Waals surface area contributed by atoms with E-state index in [0.29, 0.717) is 33.8 Å². The molecule has 5 heteroatoms. The van der Waals surface area contributed by atoms with Crippen LogP contribution in [0, 0.1) is 0 Å². The zero-order valence-electron chi connectivity index (χ0n) is 8.00. The molecular weight excluding hydrogens is 235 g/mol. The van der Waals surface area contributed by atoms with Gasteiger partial charge in [-0.25, -0.2) is 0 Å². The Hall–Kier alpha value is -1.06. The van der Waals surface area contributed by atoms with E-state index in [-0.39, 0.29) is 0 Å². The van der Waals surface area contributed by atoms with Crippen molar-refractivity contribution in [1.82, 2.24) is 10.2 Å². The Bertz CT molecular complexity index is 482. The van der Waals surface area contributed by atoms with Crippen LogP contribution in [-0.2, 0) is 6.42 Å². The second kappa shape index (κ2) is 4.21. The van der Waals surface area contributed by atoms with Crippen molar-refractivity contribution < 1.29 is 4.42 Å². The zero-order chi connectivity index (χ0) is 10.8. The molecule has 1 aromatic carbocycles. The first-order chi connectivity index (χ1) is 7.20. The lowest BCUT2D eigenvalue weighted by molar-refractivity contribution is 0.513. The zero-order valence-corrected chi connectivity index (χ0v) is 9.51. The van der Waals surface area contributed by atoms with Crippen LogP contribution in [0.25, 0.3) is 11.5 Å². The number of benzene rings is 1. The van der Waals surface area contributed by atoms with Crippen LogP contribution < -0.4 is 0 Å². The molecule has 78 valence electrons. The van der Waals surface area contributed by atoms with Crippen molar-refractivity contribution in [2.75, 3.05) is 0 Å². The molecule has 0 aliphatic heterocycles. The molecular formula is C10H8Cl2N2O. The van der Waals surface area contributed by atoms with E-state index >= 15 is 0 Å². The maximum Gasteiger partial charge on any atom is 0.249 e. The molecule has 2 rings (SSSR count). The van der Waals surface area contributed by atoms with Crippen molar-refractivity contribution in [3.05, 3.63) is 34.1 Å². The van der Waals surface area contributed by atoms with Gasteiger partial charge >= 0.3 is 0 Å². The van der Waals surface area contributed by atoms with Crippen LogP contribution in [0.2, 0.25) is 10.0 Å². The van der Waals surface area contributed by atoms with E-state index in [0.717, 1.165) is 0 Å². The van der Waals surface area contributed by atoms with Crippen molar-refractivity contribution in [2.45, 2.75) is 13.3 Å². The Morgan fingerprint density at radius 1 is 1.27 bits per heavy atom. The number of nitrogens with zero attached hydrogens (tertiary/aromatic N) is 2.